The van der Waals surface area contributed by atoms with E-state index in [0.29, 0.717) is 18.0 Å². The summed E-state index contributed by atoms with van der Waals surface area (Å²) in [5.41, 5.74) is 1.25. The standard InChI is InChI=1S/C12H20N2/c1-9(2)10(3)14-11(4)12-6-5-7-13-8-12/h5-11,14H,1-4H3/t10?,11-/m0/s1. The molecule has 0 radical (unpaired) electrons. The molecule has 0 aliphatic rings. The fourth-order valence-electron chi connectivity index (χ4n) is 1.32. The molecule has 1 unspecified atom stereocenters. The first-order chi connectivity index (χ1) is 6.61. The number of rotatable bonds is 4. The molecule has 1 N–H and O–H groups in total. The first-order valence-corrected chi connectivity index (χ1v) is 5.27. The van der Waals surface area contributed by atoms with Crippen molar-refractivity contribution in [3.05, 3.63) is 30.1 Å². The van der Waals surface area contributed by atoms with E-state index in [-0.39, 0.29) is 0 Å². The Kier molecular flexibility index (Phi) is 4.08. The van der Waals surface area contributed by atoms with Crippen molar-refractivity contribution in [3.8, 4) is 0 Å². The number of nitrogens with zero attached hydrogens (tertiary/aromatic N) is 1. The molecule has 0 saturated heterocycles. The van der Waals surface area contributed by atoms with Gasteiger partial charge < -0.3 is 5.32 Å². The molecule has 0 amide bonds. The van der Waals surface area contributed by atoms with Crippen LogP contribution in [0.25, 0.3) is 0 Å². The maximum absolute atomic E-state index is 4.12. The molecule has 0 aromatic carbocycles. The van der Waals surface area contributed by atoms with E-state index in [1.807, 2.05) is 18.5 Å². The molecule has 0 aliphatic carbocycles. The Morgan fingerprint density at radius 2 is 1.93 bits per heavy atom. The molecular formula is C12H20N2. The molecule has 0 aliphatic heterocycles. The summed E-state index contributed by atoms with van der Waals surface area (Å²) in [6.45, 7) is 8.86. The summed E-state index contributed by atoms with van der Waals surface area (Å²) in [6, 6.07) is 5.00. The van der Waals surface area contributed by atoms with Crippen LogP contribution in [0, 0.1) is 5.92 Å². The summed E-state index contributed by atoms with van der Waals surface area (Å²) < 4.78 is 0. The van der Waals surface area contributed by atoms with Crippen LogP contribution in [0.2, 0.25) is 0 Å². The van der Waals surface area contributed by atoms with E-state index in [4.69, 9.17) is 0 Å². The molecule has 0 saturated carbocycles. The molecule has 2 atom stereocenters. The molecule has 78 valence electrons. The van der Waals surface area contributed by atoms with Crippen molar-refractivity contribution in [3.63, 3.8) is 0 Å². The smallest absolute Gasteiger partial charge is 0.0315 e. The van der Waals surface area contributed by atoms with Crippen LogP contribution in [0.5, 0.6) is 0 Å². The Hall–Kier alpha value is -0.890. The van der Waals surface area contributed by atoms with Crippen molar-refractivity contribution in [1.29, 1.82) is 0 Å². The first-order valence-electron chi connectivity index (χ1n) is 5.27. The van der Waals surface area contributed by atoms with E-state index in [9.17, 15) is 0 Å². The lowest BCUT2D eigenvalue weighted by Gasteiger charge is -2.22. The van der Waals surface area contributed by atoms with Crippen molar-refractivity contribution in [1.82, 2.24) is 10.3 Å². The second kappa shape index (κ2) is 5.11. The lowest BCUT2D eigenvalue weighted by Crippen LogP contribution is -2.32. The monoisotopic (exact) mass is 192 g/mol. The van der Waals surface area contributed by atoms with Crippen LogP contribution < -0.4 is 5.32 Å². The summed E-state index contributed by atoms with van der Waals surface area (Å²) in [7, 11) is 0. The van der Waals surface area contributed by atoms with Crippen molar-refractivity contribution in [2.24, 2.45) is 5.92 Å². The van der Waals surface area contributed by atoms with Crippen molar-refractivity contribution >= 4 is 0 Å². The SMILES string of the molecule is CC(C)C(C)N[C@@H](C)c1cccnc1. The zero-order chi connectivity index (χ0) is 10.6. The van der Waals surface area contributed by atoms with Gasteiger partial charge in [-0.15, -0.1) is 0 Å². The Balaban J connectivity index is 2.55. The Morgan fingerprint density at radius 1 is 1.21 bits per heavy atom. The molecule has 2 nitrogen and oxygen atoms in total. The maximum Gasteiger partial charge on any atom is 0.0315 e. The summed E-state index contributed by atoms with van der Waals surface area (Å²) >= 11 is 0. The largest absolute Gasteiger partial charge is 0.307 e. The minimum atomic E-state index is 0.376. The molecular weight excluding hydrogens is 172 g/mol. The third kappa shape index (κ3) is 3.11. The normalized spacial score (nSPS) is 15.5. The number of hydrogen-bond donors (Lipinski definition) is 1. The zero-order valence-corrected chi connectivity index (χ0v) is 9.49. The highest BCUT2D eigenvalue weighted by atomic mass is 14.9. The van der Waals surface area contributed by atoms with E-state index in [1.165, 1.54) is 5.56 Å². The minimum absolute atomic E-state index is 0.376. The molecule has 1 aromatic heterocycles. The second-order valence-electron chi connectivity index (χ2n) is 4.21. The topological polar surface area (TPSA) is 24.9 Å². The van der Waals surface area contributed by atoms with Gasteiger partial charge >= 0.3 is 0 Å². The Morgan fingerprint density at radius 3 is 2.43 bits per heavy atom. The molecule has 0 bridgehead atoms. The van der Waals surface area contributed by atoms with Crippen LogP contribution in [-0.2, 0) is 0 Å². The summed E-state index contributed by atoms with van der Waals surface area (Å²) in [4.78, 5) is 4.12. The average Bonchev–Trinajstić information content (AvgIpc) is 2.19. The van der Waals surface area contributed by atoms with Gasteiger partial charge in [-0.05, 0) is 31.4 Å². The Bertz CT molecular complexity index is 256. The lowest BCUT2D eigenvalue weighted by molar-refractivity contribution is 0.388. The van der Waals surface area contributed by atoms with Crippen LogP contribution in [0.15, 0.2) is 24.5 Å². The highest BCUT2D eigenvalue weighted by molar-refractivity contribution is 5.12. The summed E-state index contributed by atoms with van der Waals surface area (Å²) in [6.07, 6.45) is 3.73. The van der Waals surface area contributed by atoms with Gasteiger partial charge in [-0.1, -0.05) is 19.9 Å². The van der Waals surface area contributed by atoms with Crippen molar-refractivity contribution < 1.29 is 0 Å². The molecule has 0 fully saturated rings. The van der Waals surface area contributed by atoms with Gasteiger partial charge in [0, 0.05) is 24.5 Å². The fourth-order valence-corrected chi connectivity index (χ4v) is 1.32. The van der Waals surface area contributed by atoms with Crippen molar-refractivity contribution in [2.45, 2.75) is 39.8 Å². The van der Waals surface area contributed by atoms with Gasteiger partial charge in [0.1, 0.15) is 0 Å². The van der Waals surface area contributed by atoms with E-state index < -0.39 is 0 Å². The van der Waals surface area contributed by atoms with Gasteiger partial charge in [-0.2, -0.15) is 0 Å². The van der Waals surface area contributed by atoms with Crippen LogP contribution in [0.4, 0.5) is 0 Å². The fraction of sp³-hybridized carbons (Fsp3) is 0.583. The molecule has 0 spiro atoms. The molecule has 1 rings (SSSR count). The minimum Gasteiger partial charge on any atom is -0.307 e. The van der Waals surface area contributed by atoms with Gasteiger partial charge in [-0.3, -0.25) is 4.98 Å². The molecule has 1 heterocycles. The van der Waals surface area contributed by atoms with Crippen LogP contribution in [-0.4, -0.2) is 11.0 Å². The third-order valence-corrected chi connectivity index (χ3v) is 2.70. The predicted octanol–water partition coefficient (Wildman–Crippen LogP) is 2.78. The predicted molar refractivity (Wildman–Crippen MR) is 60.1 cm³/mol. The second-order valence-corrected chi connectivity index (χ2v) is 4.21. The zero-order valence-electron chi connectivity index (χ0n) is 9.49. The van der Waals surface area contributed by atoms with Gasteiger partial charge in [0.05, 0.1) is 0 Å². The van der Waals surface area contributed by atoms with Gasteiger partial charge in [0.25, 0.3) is 0 Å². The van der Waals surface area contributed by atoms with Gasteiger partial charge in [-0.25, -0.2) is 0 Å². The van der Waals surface area contributed by atoms with E-state index in [2.05, 4.69) is 44.1 Å². The van der Waals surface area contributed by atoms with Crippen LogP contribution in [0.3, 0.4) is 0 Å². The number of pyridine rings is 1. The van der Waals surface area contributed by atoms with Gasteiger partial charge in [0.2, 0.25) is 0 Å². The first kappa shape index (κ1) is 11.2. The molecule has 2 heteroatoms. The van der Waals surface area contributed by atoms with Crippen LogP contribution in [0.1, 0.15) is 39.3 Å². The number of hydrogen-bond acceptors (Lipinski definition) is 2. The van der Waals surface area contributed by atoms with E-state index >= 15 is 0 Å². The quantitative estimate of drug-likeness (QED) is 0.793. The van der Waals surface area contributed by atoms with Crippen LogP contribution >= 0.6 is 0 Å². The molecule has 1 aromatic rings. The highest BCUT2D eigenvalue weighted by Crippen LogP contribution is 2.12. The lowest BCUT2D eigenvalue weighted by atomic mass is 10.0. The summed E-state index contributed by atoms with van der Waals surface area (Å²) in [5, 5.41) is 3.56. The maximum atomic E-state index is 4.12. The number of nitrogens with one attached hydrogen (secondary N) is 1. The van der Waals surface area contributed by atoms with Crippen molar-refractivity contribution in [2.75, 3.05) is 0 Å². The Labute approximate surface area is 86.8 Å². The van der Waals surface area contributed by atoms with E-state index in [1.54, 1.807) is 0 Å². The van der Waals surface area contributed by atoms with E-state index in [0.717, 1.165) is 0 Å². The number of aromatic nitrogens is 1. The molecule has 14 heavy (non-hydrogen) atoms. The third-order valence-electron chi connectivity index (χ3n) is 2.70. The van der Waals surface area contributed by atoms with Gasteiger partial charge in [0.15, 0.2) is 0 Å². The summed E-state index contributed by atoms with van der Waals surface area (Å²) in [5.74, 6) is 0.661. The average molecular weight is 192 g/mol. The highest BCUT2D eigenvalue weighted by Gasteiger charge is 2.11.